The first-order chi connectivity index (χ1) is 9.92. The second-order valence-corrected chi connectivity index (χ2v) is 5.00. The van der Waals surface area contributed by atoms with Gasteiger partial charge in [0, 0.05) is 11.6 Å². The molecule has 4 aromatic rings. The standard InChI is InChI=1S/C19H13N/c1-2-7-15(8-3-1)19-12-16-11-10-14-6-4-5-9-17(14)18(16)13-20-19/h1-13H/p+1. The summed E-state index contributed by atoms with van der Waals surface area (Å²) in [6.07, 6.45) is 2.11. The molecule has 0 bridgehead atoms. The van der Waals surface area contributed by atoms with Crippen LogP contribution < -0.4 is 4.98 Å². The molecule has 94 valence electrons. The van der Waals surface area contributed by atoms with Crippen molar-refractivity contribution < 1.29 is 4.98 Å². The fourth-order valence-electron chi connectivity index (χ4n) is 2.73. The van der Waals surface area contributed by atoms with Crippen molar-refractivity contribution >= 4 is 21.5 Å². The number of fused-ring (bicyclic) bond motifs is 3. The van der Waals surface area contributed by atoms with Gasteiger partial charge >= 0.3 is 0 Å². The Balaban J connectivity index is 1.99. The van der Waals surface area contributed by atoms with Crippen LogP contribution in [0.15, 0.2) is 79.0 Å². The first-order valence-corrected chi connectivity index (χ1v) is 6.80. The molecule has 0 fully saturated rings. The maximum absolute atomic E-state index is 3.42. The smallest absolute Gasteiger partial charge is 0.210 e. The number of hydrogen-bond acceptors (Lipinski definition) is 0. The summed E-state index contributed by atoms with van der Waals surface area (Å²) in [5.74, 6) is 0. The lowest BCUT2D eigenvalue weighted by Gasteiger charge is -2.02. The van der Waals surface area contributed by atoms with Crippen molar-refractivity contribution in [2.75, 3.05) is 0 Å². The minimum Gasteiger partial charge on any atom is -0.210 e. The van der Waals surface area contributed by atoms with E-state index in [1.54, 1.807) is 0 Å². The van der Waals surface area contributed by atoms with Crippen molar-refractivity contribution in [3.05, 3.63) is 79.0 Å². The van der Waals surface area contributed by atoms with E-state index in [1.807, 2.05) is 6.07 Å². The second kappa shape index (κ2) is 4.46. The van der Waals surface area contributed by atoms with Crippen molar-refractivity contribution in [3.8, 4) is 11.3 Å². The molecule has 20 heavy (non-hydrogen) atoms. The van der Waals surface area contributed by atoms with Crippen LogP contribution in [-0.4, -0.2) is 0 Å². The minimum atomic E-state index is 1.15. The van der Waals surface area contributed by atoms with Crippen molar-refractivity contribution in [1.29, 1.82) is 0 Å². The summed E-state index contributed by atoms with van der Waals surface area (Å²) in [7, 11) is 0. The molecule has 0 aliphatic rings. The summed E-state index contributed by atoms with van der Waals surface area (Å²) in [4.78, 5) is 3.42. The monoisotopic (exact) mass is 256 g/mol. The summed E-state index contributed by atoms with van der Waals surface area (Å²) in [6, 6.07) is 25.5. The predicted molar refractivity (Wildman–Crippen MR) is 83.4 cm³/mol. The number of aromatic amines is 1. The van der Waals surface area contributed by atoms with Gasteiger partial charge < -0.3 is 0 Å². The maximum atomic E-state index is 3.42. The Labute approximate surface area is 117 Å². The number of benzene rings is 3. The van der Waals surface area contributed by atoms with Crippen molar-refractivity contribution in [3.63, 3.8) is 0 Å². The SMILES string of the molecule is c1ccc(-c2cc3ccc4ccccc4c3c[nH+]2)cc1. The zero-order chi connectivity index (χ0) is 13.4. The van der Waals surface area contributed by atoms with Gasteiger partial charge in [0.25, 0.3) is 0 Å². The summed E-state index contributed by atoms with van der Waals surface area (Å²) in [6.45, 7) is 0. The van der Waals surface area contributed by atoms with Gasteiger partial charge in [0.2, 0.25) is 5.69 Å². The molecule has 0 aliphatic carbocycles. The van der Waals surface area contributed by atoms with Crippen molar-refractivity contribution in [1.82, 2.24) is 0 Å². The molecule has 0 spiro atoms. The number of H-pyrrole nitrogens is 1. The molecular weight excluding hydrogens is 242 g/mol. The molecule has 4 rings (SSSR count). The molecule has 3 aromatic carbocycles. The highest BCUT2D eigenvalue weighted by Gasteiger charge is 2.08. The highest BCUT2D eigenvalue weighted by atomic mass is 14.7. The Morgan fingerprint density at radius 1 is 0.600 bits per heavy atom. The molecule has 1 nitrogen and oxygen atoms in total. The van der Waals surface area contributed by atoms with Gasteiger partial charge in [0.1, 0.15) is 0 Å². The van der Waals surface area contributed by atoms with Crippen molar-refractivity contribution in [2.24, 2.45) is 0 Å². The fourth-order valence-corrected chi connectivity index (χ4v) is 2.73. The first-order valence-electron chi connectivity index (χ1n) is 6.80. The van der Waals surface area contributed by atoms with Crippen LogP contribution in [0.3, 0.4) is 0 Å². The third-order valence-electron chi connectivity index (χ3n) is 3.76. The van der Waals surface area contributed by atoms with E-state index < -0.39 is 0 Å². The second-order valence-electron chi connectivity index (χ2n) is 5.00. The molecule has 0 atom stereocenters. The van der Waals surface area contributed by atoms with Crippen LogP contribution in [0.2, 0.25) is 0 Å². The Morgan fingerprint density at radius 3 is 2.25 bits per heavy atom. The normalized spacial score (nSPS) is 11.0. The van der Waals surface area contributed by atoms with Crippen LogP contribution in [0, 0.1) is 0 Å². The van der Waals surface area contributed by atoms with E-state index in [1.165, 1.54) is 27.1 Å². The van der Waals surface area contributed by atoms with E-state index in [0.717, 1.165) is 5.69 Å². The topological polar surface area (TPSA) is 14.1 Å². The lowest BCUT2D eigenvalue weighted by molar-refractivity contribution is -0.362. The van der Waals surface area contributed by atoms with Gasteiger partial charge in [-0.25, -0.2) is 4.98 Å². The average molecular weight is 256 g/mol. The van der Waals surface area contributed by atoms with E-state index in [-0.39, 0.29) is 0 Å². The molecule has 1 N–H and O–H groups in total. The number of hydrogen-bond donors (Lipinski definition) is 0. The third kappa shape index (κ3) is 1.76. The number of pyridine rings is 1. The summed E-state index contributed by atoms with van der Waals surface area (Å²) < 4.78 is 0. The number of nitrogens with one attached hydrogen (secondary N) is 1. The quantitative estimate of drug-likeness (QED) is 0.446. The largest absolute Gasteiger partial charge is 0.211 e. The lowest BCUT2D eigenvalue weighted by atomic mass is 10.0. The van der Waals surface area contributed by atoms with Gasteiger partial charge in [0.15, 0.2) is 6.20 Å². The zero-order valence-electron chi connectivity index (χ0n) is 11.0. The molecular formula is C19H14N+. The Morgan fingerprint density at radius 2 is 1.35 bits per heavy atom. The molecule has 0 radical (unpaired) electrons. The van der Waals surface area contributed by atoms with Crippen LogP contribution in [0.25, 0.3) is 32.8 Å². The summed E-state index contributed by atoms with van der Waals surface area (Å²) in [5, 5.41) is 5.10. The van der Waals surface area contributed by atoms with Crippen LogP contribution in [0.1, 0.15) is 0 Å². The Bertz CT molecular complexity index is 895. The number of rotatable bonds is 1. The molecule has 1 heterocycles. The summed E-state index contributed by atoms with van der Waals surface area (Å²) >= 11 is 0. The van der Waals surface area contributed by atoms with E-state index >= 15 is 0 Å². The van der Waals surface area contributed by atoms with Crippen LogP contribution in [0.5, 0.6) is 0 Å². The zero-order valence-corrected chi connectivity index (χ0v) is 11.0. The van der Waals surface area contributed by atoms with Gasteiger partial charge in [-0.15, -0.1) is 0 Å². The van der Waals surface area contributed by atoms with E-state index in [2.05, 4.69) is 77.9 Å². The maximum Gasteiger partial charge on any atom is 0.211 e. The highest BCUT2D eigenvalue weighted by molar-refractivity contribution is 6.07. The van der Waals surface area contributed by atoms with Crippen LogP contribution in [0.4, 0.5) is 0 Å². The number of aromatic nitrogens is 1. The van der Waals surface area contributed by atoms with Gasteiger partial charge in [-0.3, -0.25) is 0 Å². The molecule has 0 unspecified atom stereocenters. The van der Waals surface area contributed by atoms with E-state index in [4.69, 9.17) is 0 Å². The van der Waals surface area contributed by atoms with E-state index in [9.17, 15) is 0 Å². The van der Waals surface area contributed by atoms with Gasteiger partial charge in [-0.1, -0.05) is 54.6 Å². The van der Waals surface area contributed by atoms with E-state index in [0.29, 0.717) is 0 Å². The molecule has 0 amide bonds. The molecule has 1 aromatic heterocycles. The Kier molecular flexibility index (Phi) is 2.49. The van der Waals surface area contributed by atoms with Crippen molar-refractivity contribution in [2.45, 2.75) is 0 Å². The highest BCUT2D eigenvalue weighted by Crippen LogP contribution is 2.26. The molecule has 1 heteroatoms. The molecule has 0 aliphatic heterocycles. The third-order valence-corrected chi connectivity index (χ3v) is 3.76. The molecule has 0 saturated carbocycles. The summed E-state index contributed by atoms with van der Waals surface area (Å²) in [5.41, 5.74) is 2.36. The van der Waals surface area contributed by atoms with Gasteiger partial charge in [-0.2, -0.15) is 0 Å². The predicted octanol–water partition coefficient (Wildman–Crippen LogP) is 4.47. The minimum absolute atomic E-state index is 1.15. The van der Waals surface area contributed by atoms with Gasteiger partial charge in [-0.05, 0) is 28.3 Å². The first kappa shape index (κ1) is 11.2. The van der Waals surface area contributed by atoms with Gasteiger partial charge in [0.05, 0.1) is 5.39 Å². The van der Waals surface area contributed by atoms with Crippen LogP contribution in [-0.2, 0) is 0 Å². The lowest BCUT2D eigenvalue weighted by Crippen LogP contribution is -2.05. The average Bonchev–Trinajstić information content (AvgIpc) is 2.55. The molecule has 0 saturated heterocycles. The van der Waals surface area contributed by atoms with Crippen LogP contribution >= 0.6 is 0 Å². The fraction of sp³-hybridized carbons (Fsp3) is 0. The Hall–Kier alpha value is -2.67.